The zero-order chi connectivity index (χ0) is 8.69. The number of hydrogen-bond donors (Lipinski definition) is 1. The Hall–Kier alpha value is -1.04. The molecule has 0 aliphatic rings. The first-order valence-corrected chi connectivity index (χ1v) is 3.93. The first kappa shape index (κ1) is 9.96. The summed E-state index contributed by atoms with van der Waals surface area (Å²) >= 11 is 0. The lowest BCUT2D eigenvalue weighted by molar-refractivity contribution is -0.121. The van der Waals surface area contributed by atoms with E-state index in [1.165, 1.54) is 0 Å². The second kappa shape index (κ2) is 5.72. The molecule has 0 aliphatic heterocycles. The van der Waals surface area contributed by atoms with Crippen LogP contribution < -0.4 is 5.32 Å². The number of nitrogens with one attached hydrogen (secondary N) is 1. The molecule has 0 rings (SSSR count). The number of nitrogens with zero attached hydrogens (tertiary/aromatic N) is 1. The predicted molar refractivity (Wildman–Crippen MR) is 42.7 cm³/mol. The monoisotopic (exact) mass is 154 g/mol. The van der Waals surface area contributed by atoms with Gasteiger partial charge in [-0.05, 0) is 6.42 Å². The van der Waals surface area contributed by atoms with Crippen LogP contribution in [-0.4, -0.2) is 11.9 Å². The molecule has 3 heteroatoms. The number of carbonyl (C=O) groups is 1. The Morgan fingerprint density at radius 3 is 2.64 bits per heavy atom. The van der Waals surface area contributed by atoms with Crippen molar-refractivity contribution in [3.63, 3.8) is 0 Å². The number of rotatable bonds is 4. The standard InChI is InChI=1S/C8H14N2O/c1-3-5-7(6-9)10-8(11)4-2/h7H,3-5H2,1-2H3,(H,10,11). The van der Waals surface area contributed by atoms with E-state index >= 15 is 0 Å². The molecule has 1 unspecified atom stereocenters. The van der Waals surface area contributed by atoms with Crippen LogP contribution >= 0.6 is 0 Å². The lowest BCUT2D eigenvalue weighted by atomic mass is 10.2. The molecule has 0 spiro atoms. The molecular weight excluding hydrogens is 140 g/mol. The Kier molecular flexibility index (Phi) is 5.18. The van der Waals surface area contributed by atoms with Gasteiger partial charge in [-0.1, -0.05) is 20.3 Å². The smallest absolute Gasteiger partial charge is 0.220 e. The van der Waals surface area contributed by atoms with E-state index in [1.807, 2.05) is 13.0 Å². The quantitative estimate of drug-likeness (QED) is 0.661. The lowest BCUT2D eigenvalue weighted by Crippen LogP contribution is -2.32. The molecule has 1 atom stereocenters. The van der Waals surface area contributed by atoms with E-state index < -0.39 is 0 Å². The molecule has 0 fully saturated rings. The fourth-order valence-electron chi connectivity index (χ4n) is 0.754. The van der Waals surface area contributed by atoms with Crippen molar-refractivity contribution >= 4 is 5.91 Å². The molecule has 62 valence electrons. The van der Waals surface area contributed by atoms with Crippen molar-refractivity contribution in [3.05, 3.63) is 0 Å². The highest BCUT2D eigenvalue weighted by molar-refractivity contribution is 5.76. The number of nitriles is 1. The van der Waals surface area contributed by atoms with Crippen molar-refractivity contribution in [1.82, 2.24) is 5.32 Å². The zero-order valence-corrected chi connectivity index (χ0v) is 7.05. The highest BCUT2D eigenvalue weighted by Crippen LogP contribution is 1.94. The van der Waals surface area contributed by atoms with Gasteiger partial charge in [0.1, 0.15) is 6.04 Å². The highest BCUT2D eigenvalue weighted by atomic mass is 16.1. The van der Waals surface area contributed by atoms with Gasteiger partial charge < -0.3 is 5.32 Å². The number of hydrogen-bond acceptors (Lipinski definition) is 2. The van der Waals surface area contributed by atoms with Gasteiger partial charge in [-0.3, -0.25) is 4.79 Å². The van der Waals surface area contributed by atoms with Gasteiger partial charge in [-0.25, -0.2) is 0 Å². The zero-order valence-electron chi connectivity index (χ0n) is 7.05. The fraction of sp³-hybridized carbons (Fsp3) is 0.750. The Balaban J connectivity index is 3.70. The van der Waals surface area contributed by atoms with Crippen LogP contribution in [0, 0.1) is 11.3 Å². The van der Waals surface area contributed by atoms with E-state index in [1.54, 1.807) is 6.92 Å². The molecule has 0 bridgehead atoms. The van der Waals surface area contributed by atoms with Crippen LogP contribution in [0.15, 0.2) is 0 Å². The average Bonchev–Trinajstić information content (AvgIpc) is 2.03. The Morgan fingerprint density at radius 2 is 2.27 bits per heavy atom. The molecule has 3 nitrogen and oxygen atoms in total. The minimum Gasteiger partial charge on any atom is -0.340 e. The largest absolute Gasteiger partial charge is 0.340 e. The van der Waals surface area contributed by atoms with E-state index in [0.717, 1.165) is 12.8 Å². The maximum absolute atomic E-state index is 10.8. The van der Waals surface area contributed by atoms with Crippen LogP contribution in [0.3, 0.4) is 0 Å². The van der Waals surface area contributed by atoms with Crippen LogP contribution in [0.4, 0.5) is 0 Å². The third-order valence-corrected chi connectivity index (χ3v) is 1.39. The van der Waals surface area contributed by atoms with Gasteiger partial charge in [0.05, 0.1) is 6.07 Å². The summed E-state index contributed by atoms with van der Waals surface area (Å²) < 4.78 is 0. The van der Waals surface area contributed by atoms with Gasteiger partial charge in [-0.15, -0.1) is 0 Å². The van der Waals surface area contributed by atoms with E-state index in [4.69, 9.17) is 5.26 Å². The molecule has 0 aromatic heterocycles. The number of carbonyl (C=O) groups excluding carboxylic acids is 1. The third-order valence-electron chi connectivity index (χ3n) is 1.39. The first-order chi connectivity index (χ1) is 5.24. The molecule has 0 radical (unpaired) electrons. The van der Waals surface area contributed by atoms with Crippen LogP contribution in [0.5, 0.6) is 0 Å². The minimum atomic E-state index is -0.299. The minimum absolute atomic E-state index is 0.0509. The predicted octanol–water partition coefficient (Wildman–Crippen LogP) is 1.20. The average molecular weight is 154 g/mol. The molecular formula is C8H14N2O. The molecule has 0 aromatic rings. The van der Waals surface area contributed by atoms with E-state index in [9.17, 15) is 4.79 Å². The summed E-state index contributed by atoms with van der Waals surface area (Å²) in [5, 5.41) is 11.2. The first-order valence-electron chi connectivity index (χ1n) is 3.93. The molecule has 11 heavy (non-hydrogen) atoms. The van der Waals surface area contributed by atoms with E-state index in [-0.39, 0.29) is 11.9 Å². The summed E-state index contributed by atoms with van der Waals surface area (Å²) in [4.78, 5) is 10.8. The van der Waals surface area contributed by atoms with Crippen molar-refractivity contribution in [1.29, 1.82) is 5.26 Å². The lowest BCUT2D eigenvalue weighted by Gasteiger charge is -2.08. The fourth-order valence-corrected chi connectivity index (χ4v) is 0.754. The summed E-state index contributed by atoms with van der Waals surface area (Å²) in [6.45, 7) is 3.76. The summed E-state index contributed by atoms with van der Waals surface area (Å²) in [5.74, 6) is -0.0509. The summed E-state index contributed by atoms with van der Waals surface area (Å²) in [5.41, 5.74) is 0. The van der Waals surface area contributed by atoms with Gasteiger partial charge in [-0.2, -0.15) is 5.26 Å². The molecule has 0 saturated carbocycles. The van der Waals surface area contributed by atoms with Crippen molar-refractivity contribution in [2.45, 2.75) is 39.2 Å². The van der Waals surface area contributed by atoms with Gasteiger partial charge in [0.25, 0.3) is 0 Å². The van der Waals surface area contributed by atoms with Crippen molar-refractivity contribution in [2.24, 2.45) is 0 Å². The topological polar surface area (TPSA) is 52.9 Å². The molecule has 0 aliphatic carbocycles. The van der Waals surface area contributed by atoms with Gasteiger partial charge >= 0.3 is 0 Å². The van der Waals surface area contributed by atoms with Crippen LogP contribution in [0.25, 0.3) is 0 Å². The van der Waals surface area contributed by atoms with Crippen LogP contribution in [-0.2, 0) is 4.79 Å². The highest BCUT2D eigenvalue weighted by Gasteiger charge is 2.07. The maximum Gasteiger partial charge on any atom is 0.220 e. The summed E-state index contributed by atoms with van der Waals surface area (Å²) in [6, 6.07) is 1.74. The van der Waals surface area contributed by atoms with Crippen LogP contribution in [0.2, 0.25) is 0 Å². The second-order valence-corrected chi connectivity index (χ2v) is 2.39. The summed E-state index contributed by atoms with van der Waals surface area (Å²) in [7, 11) is 0. The van der Waals surface area contributed by atoms with E-state index in [2.05, 4.69) is 5.32 Å². The van der Waals surface area contributed by atoms with Gasteiger partial charge in [0.15, 0.2) is 0 Å². The van der Waals surface area contributed by atoms with Gasteiger partial charge in [0.2, 0.25) is 5.91 Å². The molecule has 0 aromatic carbocycles. The normalized spacial score (nSPS) is 11.7. The second-order valence-electron chi connectivity index (χ2n) is 2.39. The molecule has 0 saturated heterocycles. The van der Waals surface area contributed by atoms with Crippen LogP contribution in [0.1, 0.15) is 33.1 Å². The van der Waals surface area contributed by atoms with E-state index in [0.29, 0.717) is 6.42 Å². The Morgan fingerprint density at radius 1 is 1.64 bits per heavy atom. The maximum atomic E-state index is 10.8. The Bertz CT molecular complexity index is 160. The molecule has 1 N–H and O–H groups in total. The molecule has 0 heterocycles. The van der Waals surface area contributed by atoms with Crippen molar-refractivity contribution in [2.75, 3.05) is 0 Å². The third kappa shape index (κ3) is 4.38. The SMILES string of the molecule is CCCC(C#N)NC(=O)CC. The van der Waals surface area contributed by atoms with Gasteiger partial charge in [0, 0.05) is 6.42 Å². The Labute approximate surface area is 67.4 Å². The molecule has 1 amide bonds. The van der Waals surface area contributed by atoms with Crippen molar-refractivity contribution in [3.8, 4) is 6.07 Å². The summed E-state index contributed by atoms with van der Waals surface area (Å²) in [6.07, 6.45) is 2.10. The number of amides is 1. The van der Waals surface area contributed by atoms with Crippen molar-refractivity contribution < 1.29 is 4.79 Å².